The molecule has 3 saturated heterocycles. The van der Waals surface area contributed by atoms with Gasteiger partial charge in [-0.1, -0.05) is 60.7 Å². The fraction of sp³-hybridized carbons (Fsp3) is 0.400. The maximum Gasteiger partial charge on any atom is 0.190 e. The summed E-state index contributed by atoms with van der Waals surface area (Å²) in [6.07, 6.45) is -3.25. The minimum Gasteiger partial charge on any atom is -0.394 e. The molecule has 2 aromatic rings. The average Bonchev–Trinajstić information content (AvgIpc) is 3.27. The first-order chi connectivity index (χ1) is 12.8. The number of fused-ring (bicyclic) bond motifs is 3. The molecule has 6 heteroatoms. The van der Waals surface area contributed by atoms with E-state index in [9.17, 15) is 5.11 Å². The van der Waals surface area contributed by atoms with Crippen molar-refractivity contribution in [2.45, 2.75) is 43.3 Å². The maximum atomic E-state index is 9.75. The quantitative estimate of drug-likeness (QED) is 0.910. The van der Waals surface area contributed by atoms with Crippen LogP contribution in [0.4, 0.5) is 0 Å². The molecule has 0 saturated carbocycles. The van der Waals surface area contributed by atoms with Gasteiger partial charge < -0.3 is 28.8 Å². The highest BCUT2D eigenvalue weighted by Gasteiger charge is 2.58. The lowest BCUT2D eigenvalue weighted by Gasteiger charge is -2.38. The zero-order chi connectivity index (χ0) is 17.5. The number of rotatable bonds is 3. The monoisotopic (exact) mass is 356 g/mol. The van der Waals surface area contributed by atoms with Gasteiger partial charge in [-0.25, -0.2) is 0 Å². The molecule has 3 heterocycles. The molecule has 1 N–H and O–H groups in total. The van der Waals surface area contributed by atoms with Gasteiger partial charge in [0, 0.05) is 11.1 Å². The fourth-order valence-corrected chi connectivity index (χ4v) is 3.75. The summed E-state index contributed by atoms with van der Waals surface area (Å²) in [6, 6.07) is 19.4. The molecular formula is C20H20O6. The minimum absolute atomic E-state index is 0.157. The number of ether oxygens (including phenoxy) is 5. The van der Waals surface area contributed by atoms with Crippen LogP contribution in [0.1, 0.15) is 23.7 Å². The standard InChI is InChI=1S/C20H20O6/c21-11-14-15-16(24-18(22-14)12-7-3-1-4-8-12)17-20(23-15)26-19(25-17)13-9-5-2-6-10-13/h1-10,14-21H,11H2. The van der Waals surface area contributed by atoms with Crippen LogP contribution in [0.2, 0.25) is 0 Å². The van der Waals surface area contributed by atoms with Crippen molar-refractivity contribution in [2.24, 2.45) is 0 Å². The fourth-order valence-electron chi connectivity index (χ4n) is 3.75. The van der Waals surface area contributed by atoms with Crippen LogP contribution in [0.5, 0.6) is 0 Å². The molecule has 7 unspecified atom stereocenters. The predicted octanol–water partition coefficient (Wildman–Crippen LogP) is 2.30. The van der Waals surface area contributed by atoms with Crippen molar-refractivity contribution < 1.29 is 28.8 Å². The van der Waals surface area contributed by atoms with E-state index in [0.29, 0.717) is 0 Å². The third kappa shape index (κ3) is 2.75. The number of benzene rings is 2. The molecule has 0 radical (unpaired) electrons. The topological polar surface area (TPSA) is 66.4 Å². The Balaban J connectivity index is 1.37. The zero-order valence-electron chi connectivity index (χ0n) is 14.0. The third-order valence-corrected chi connectivity index (χ3v) is 5.01. The first-order valence-corrected chi connectivity index (χ1v) is 8.81. The molecule has 0 spiro atoms. The van der Waals surface area contributed by atoms with E-state index in [-0.39, 0.29) is 18.8 Å². The zero-order valence-corrected chi connectivity index (χ0v) is 14.0. The first kappa shape index (κ1) is 16.4. The van der Waals surface area contributed by atoms with Gasteiger partial charge in [-0.2, -0.15) is 0 Å². The lowest BCUT2D eigenvalue weighted by Crippen LogP contribution is -2.50. The summed E-state index contributed by atoms with van der Waals surface area (Å²) in [5, 5.41) is 9.75. The average molecular weight is 356 g/mol. The molecule has 0 bridgehead atoms. The van der Waals surface area contributed by atoms with Crippen molar-refractivity contribution in [1.82, 2.24) is 0 Å². The molecule has 3 fully saturated rings. The number of aliphatic hydroxyl groups is 1. The molecule has 26 heavy (non-hydrogen) atoms. The van der Waals surface area contributed by atoms with Crippen molar-refractivity contribution in [3.05, 3.63) is 71.8 Å². The molecule has 5 rings (SSSR count). The summed E-state index contributed by atoms with van der Waals surface area (Å²) < 4.78 is 30.1. The Morgan fingerprint density at radius 3 is 1.81 bits per heavy atom. The van der Waals surface area contributed by atoms with Gasteiger partial charge in [-0.15, -0.1) is 0 Å². The number of hydrogen-bond donors (Lipinski definition) is 1. The third-order valence-electron chi connectivity index (χ3n) is 5.01. The summed E-state index contributed by atoms with van der Waals surface area (Å²) in [7, 11) is 0. The second-order valence-electron chi connectivity index (χ2n) is 6.65. The molecule has 0 aliphatic carbocycles. The van der Waals surface area contributed by atoms with Gasteiger partial charge in [0.1, 0.15) is 24.4 Å². The highest BCUT2D eigenvalue weighted by atomic mass is 16.8. The van der Waals surface area contributed by atoms with E-state index >= 15 is 0 Å². The van der Waals surface area contributed by atoms with E-state index in [0.717, 1.165) is 11.1 Å². The molecule has 2 aromatic carbocycles. The van der Waals surface area contributed by atoms with Crippen molar-refractivity contribution in [3.63, 3.8) is 0 Å². The molecule has 0 aromatic heterocycles. The lowest BCUT2D eigenvalue weighted by atomic mass is 10.0. The second-order valence-corrected chi connectivity index (χ2v) is 6.65. The Morgan fingerprint density at radius 2 is 1.19 bits per heavy atom. The molecule has 7 atom stereocenters. The largest absolute Gasteiger partial charge is 0.394 e. The van der Waals surface area contributed by atoms with Crippen LogP contribution in [0.3, 0.4) is 0 Å². The predicted molar refractivity (Wildman–Crippen MR) is 89.8 cm³/mol. The molecular weight excluding hydrogens is 336 g/mol. The summed E-state index contributed by atoms with van der Waals surface area (Å²) in [4.78, 5) is 0. The van der Waals surface area contributed by atoms with Crippen LogP contribution in [0, 0.1) is 0 Å². The summed E-state index contributed by atoms with van der Waals surface area (Å²) in [6.45, 7) is -0.157. The minimum atomic E-state index is -0.573. The molecule has 3 aliphatic heterocycles. The number of hydrogen-bond acceptors (Lipinski definition) is 6. The van der Waals surface area contributed by atoms with E-state index < -0.39 is 31.1 Å². The van der Waals surface area contributed by atoms with Crippen molar-refractivity contribution >= 4 is 0 Å². The van der Waals surface area contributed by atoms with Crippen LogP contribution in [0.25, 0.3) is 0 Å². The van der Waals surface area contributed by atoms with E-state index in [1.54, 1.807) is 0 Å². The Kier molecular flexibility index (Phi) is 4.24. The lowest BCUT2D eigenvalue weighted by molar-refractivity contribution is -0.305. The maximum absolute atomic E-state index is 9.75. The van der Waals surface area contributed by atoms with Gasteiger partial charge in [-0.3, -0.25) is 0 Å². The van der Waals surface area contributed by atoms with Gasteiger partial charge in [-0.05, 0) is 0 Å². The van der Waals surface area contributed by atoms with Gasteiger partial charge in [0.05, 0.1) is 6.61 Å². The van der Waals surface area contributed by atoms with E-state index in [2.05, 4.69) is 0 Å². The Labute approximate surface area is 151 Å². The van der Waals surface area contributed by atoms with Crippen molar-refractivity contribution in [3.8, 4) is 0 Å². The van der Waals surface area contributed by atoms with Crippen LogP contribution in [-0.4, -0.2) is 42.4 Å². The van der Waals surface area contributed by atoms with Gasteiger partial charge in [0.25, 0.3) is 0 Å². The highest BCUT2D eigenvalue weighted by Crippen LogP contribution is 2.45. The van der Waals surface area contributed by atoms with Gasteiger partial charge in [0.2, 0.25) is 0 Å². The van der Waals surface area contributed by atoms with Crippen LogP contribution < -0.4 is 0 Å². The smallest absolute Gasteiger partial charge is 0.190 e. The molecule has 6 nitrogen and oxygen atoms in total. The van der Waals surface area contributed by atoms with Gasteiger partial charge >= 0.3 is 0 Å². The van der Waals surface area contributed by atoms with Crippen molar-refractivity contribution in [1.29, 1.82) is 0 Å². The van der Waals surface area contributed by atoms with Crippen LogP contribution in [-0.2, 0) is 23.7 Å². The molecule has 3 aliphatic rings. The summed E-state index contributed by atoms with van der Waals surface area (Å²) >= 11 is 0. The number of aliphatic hydroxyl groups excluding tert-OH is 1. The van der Waals surface area contributed by atoms with E-state index in [4.69, 9.17) is 23.7 Å². The Morgan fingerprint density at radius 1 is 0.615 bits per heavy atom. The first-order valence-electron chi connectivity index (χ1n) is 8.81. The van der Waals surface area contributed by atoms with E-state index in [1.807, 2.05) is 60.7 Å². The van der Waals surface area contributed by atoms with Crippen LogP contribution in [0.15, 0.2) is 60.7 Å². The van der Waals surface area contributed by atoms with E-state index in [1.165, 1.54) is 0 Å². The molecule has 136 valence electrons. The Hall–Kier alpha value is -1.80. The normalized spacial score (nSPS) is 38.7. The summed E-state index contributed by atoms with van der Waals surface area (Å²) in [5.41, 5.74) is 1.83. The Bertz CT molecular complexity index is 738. The molecule has 0 amide bonds. The summed E-state index contributed by atoms with van der Waals surface area (Å²) in [5.74, 6) is 0. The van der Waals surface area contributed by atoms with Crippen molar-refractivity contribution in [2.75, 3.05) is 6.61 Å². The second kappa shape index (κ2) is 6.74. The highest BCUT2D eigenvalue weighted by molar-refractivity contribution is 5.19. The van der Waals surface area contributed by atoms with Crippen LogP contribution >= 0.6 is 0 Å². The van der Waals surface area contributed by atoms with Gasteiger partial charge in [0.15, 0.2) is 18.9 Å². The SMILES string of the molecule is OCC1OC(c2ccccc2)OC2C1OC1OC(c3ccccc3)OC12.